The van der Waals surface area contributed by atoms with Gasteiger partial charge in [0, 0.05) is 36.1 Å². The van der Waals surface area contributed by atoms with Gasteiger partial charge in [-0.25, -0.2) is 4.98 Å². The van der Waals surface area contributed by atoms with Gasteiger partial charge in [-0.3, -0.25) is 19.8 Å². The van der Waals surface area contributed by atoms with Crippen molar-refractivity contribution < 1.29 is 9.59 Å². The van der Waals surface area contributed by atoms with Crippen molar-refractivity contribution in [3.05, 3.63) is 34.1 Å². The number of thiazole rings is 1. The lowest BCUT2D eigenvalue weighted by Crippen LogP contribution is -2.29. The molecule has 2 N–H and O–H groups in total. The first-order valence-electron chi connectivity index (χ1n) is 7.28. The first kappa shape index (κ1) is 14.9. The zero-order valence-corrected chi connectivity index (χ0v) is 13.4. The number of amides is 1. The molecular formula is C15H18N4O2S. The van der Waals surface area contributed by atoms with Crippen LogP contribution in [0.3, 0.4) is 0 Å². The van der Waals surface area contributed by atoms with Crippen LogP contribution < -0.4 is 5.32 Å². The van der Waals surface area contributed by atoms with Crippen LogP contribution in [0.2, 0.25) is 0 Å². The molecule has 2 aromatic rings. The third kappa shape index (κ3) is 2.95. The highest BCUT2D eigenvalue weighted by atomic mass is 32.1. The lowest BCUT2D eigenvalue weighted by Gasteiger charge is -2.23. The van der Waals surface area contributed by atoms with Crippen LogP contribution in [0.1, 0.15) is 45.3 Å². The van der Waals surface area contributed by atoms with Crippen LogP contribution in [0.25, 0.3) is 0 Å². The molecule has 1 aliphatic heterocycles. The molecule has 0 saturated heterocycles. The number of carbonyl (C=O) groups is 2. The third-order valence-corrected chi connectivity index (χ3v) is 4.81. The van der Waals surface area contributed by atoms with Gasteiger partial charge in [0.05, 0.1) is 5.69 Å². The number of likely N-dealkylation sites (N-methyl/N-ethyl adjacent to an activating group) is 1. The van der Waals surface area contributed by atoms with Crippen molar-refractivity contribution in [2.24, 2.45) is 0 Å². The average Bonchev–Trinajstić information content (AvgIpc) is 3.12. The van der Waals surface area contributed by atoms with E-state index in [1.54, 1.807) is 12.3 Å². The first-order chi connectivity index (χ1) is 10.6. The summed E-state index contributed by atoms with van der Waals surface area (Å²) in [5.41, 5.74) is 1.96. The minimum Gasteiger partial charge on any atom is -0.356 e. The van der Waals surface area contributed by atoms with Gasteiger partial charge in [0.25, 0.3) is 5.91 Å². The Morgan fingerprint density at radius 3 is 3.00 bits per heavy atom. The summed E-state index contributed by atoms with van der Waals surface area (Å²) in [6.45, 7) is 6.55. The number of anilines is 1. The number of H-pyrrole nitrogens is 1. The van der Waals surface area contributed by atoms with E-state index < -0.39 is 0 Å². The van der Waals surface area contributed by atoms with Gasteiger partial charge in [0.1, 0.15) is 5.69 Å². The zero-order valence-electron chi connectivity index (χ0n) is 12.6. The predicted octanol–water partition coefficient (Wildman–Crippen LogP) is 2.30. The largest absolute Gasteiger partial charge is 0.356 e. The zero-order chi connectivity index (χ0) is 15.7. The number of ketones is 1. The molecular weight excluding hydrogens is 300 g/mol. The van der Waals surface area contributed by atoms with Crippen LogP contribution in [-0.2, 0) is 13.0 Å². The molecule has 1 aliphatic rings. The highest BCUT2D eigenvalue weighted by molar-refractivity contribution is 7.15. The van der Waals surface area contributed by atoms with Crippen molar-refractivity contribution in [3.8, 4) is 0 Å². The van der Waals surface area contributed by atoms with Gasteiger partial charge >= 0.3 is 0 Å². The number of hydrogen-bond donors (Lipinski definition) is 2. The number of aromatic amines is 1. The number of hydrogen-bond acceptors (Lipinski definition) is 5. The van der Waals surface area contributed by atoms with Crippen molar-refractivity contribution in [3.63, 3.8) is 0 Å². The summed E-state index contributed by atoms with van der Waals surface area (Å²) in [5.74, 6) is -0.342. The van der Waals surface area contributed by atoms with Gasteiger partial charge in [0.15, 0.2) is 10.9 Å². The fourth-order valence-electron chi connectivity index (χ4n) is 2.46. The summed E-state index contributed by atoms with van der Waals surface area (Å²) in [7, 11) is 0. The maximum Gasteiger partial charge on any atom is 0.273 e. The van der Waals surface area contributed by atoms with Gasteiger partial charge in [0.2, 0.25) is 0 Å². The molecule has 0 fully saturated rings. The molecule has 3 rings (SSSR count). The van der Waals surface area contributed by atoms with Crippen molar-refractivity contribution in [1.82, 2.24) is 14.9 Å². The summed E-state index contributed by atoms with van der Waals surface area (Å²) in [6, 6.07) is 1.56. The normalized spacial score (nSPS) is 14.6. The van der Waals surface area contributed by atoms with Gasteiger partial charge in [-0.1, -0.05) is 6.92 Å². The average molecular weight is 318 g/mol. The predicted molar refractivity (Wildman–Crippen MR) is 85.5 cm³/mol. The van der Waals surface area contributed by atoms with E-state index in [1.807, 2.05) is 0 Å². The molecule has 22 heavy (non-hydrogen) atoms. The molecule has 0 radical (unpaired) electrons. The third-order valence-electron chi connectivity index (χ3n) is 3.81. The second-order valence-electron chi connectivity index (χ2n) is 5.32. The van der Waals surface area contributed by atoms with E-state index in [4.69, 9.17) is 0 Å². The number of nitrogens with zero attached hydrogens (tertiary/aromatic N) is 2. The SMILES string of the molecule is CCN1CCc2nc(NC(=O)c3cc(C(C)=O)c[nH]3)sc2C1. The van der Waals surface area contributed by atoms with Crippen molar-refractivity contribution in [2.45, 2.75) is 26.8 Å². The van der Waals surface area contributed by atoms with Gasteiger partial charge in [-0.2, -0.15) is 0 Å². The fourth-order valence-corrected chi connectivity index (χ4v) is 3.51. The van der Waals surface area contributed by atoms with Crippen LogP contribution >= 0.6 is 11.3 Å². The molecule has 0 aromatic carbocycles. The number of rotatable bonds is 4. The first-order valence-corrected chi connectivity index (χ1v) is 8.10. The molecule has 6 nitrogen and oxygen atoms in total. The van der Waals surface area contributed by atoms with Crippen molar-refractivity contribution in [2.75, 3.05) is 18.4 Å². The van der Waals surface area contributed by atoms with Crippen LogP contribution in [0.5, 0.6) is 0 Å². The maximum atomic E-state index is 12.2. The van der Waals surface area contributed by atoms with Gasteiger partial charge in [-0.15, -0.1) is 11.3 Å². The second kappa shape index (κ2) is 6.02. The van der Waals surface area contributed by atoms with Gasteiger partial charge in [-0.05, 0) is 19.5 Å². The maximum absolute atomic E-state index is 12.2. The smallest absolute Gasteiger partial charge is 0.273 e. The Morgan fingerprint density at radius 1 is 1.50 bits per heavy atom. The quantitative estimate of drug-likeness (QED) is 0.848. The van der Waals surface area contributed by atoms with E-state index in [-0.39, 0.29) is 11.7 Å². The van der Waals surface area contributed by atoms with Crippen molar-refractivity contribution in [1.29, 1.82) is 0 Å². The molecule has 0 saturated carbocycles. The molecule has 116 valence electrons. The minimum atomic E-state index is -0.272. The monoisotopic (exact) mass is 318 g/mol. The van der Waals surface area contributed by atoms with Crippen LogP contribution in [0.4, 0.5) is 5.13 Å². The Balaban J connectivity index is 1.72. The molecule has 0 unspecified atom stereocenters. The van der Waals surface area contributed by atoms with Gasteiger partial charge < -0.3 is 4.98 Å². The number of nitrogens with one attached hydrogen (secondary N) is 2. The number of carbonyl (C=O) groups excluding carboxylic acids is 2. The topological polar surface area (TPSA) is 78.1 Å². The number of fused-ring (bicyclic) bond motifs is 1. The summed E-state index contributed by atoms with van der Waals surface area (Å²) in [4.78, 5) is 34.4. The Kier molecular flexibility index (Phi) is 4.08. The molecule has 0 bridgehead atoms. The second-order valence-corrected chi connectivity index (χ2v) is 6.40. The highest BCUT2D eigenvalue weighted by Crippen LogP contribution is 2.28. The summed E-state index contributed by atoms with van der Waals surface area (Å²) in [6.07, 6.45) is 2.47. The molecule has 1 amide bonds. The Morgan fingerprint density at radius 2 is 2.32 bits per heavy atom. The number of aromatic nitrogens is 2. The van der Waals surface area contributed by atoms with E-state index in [9.17, 15) is 9.59 Å². The Labute approximate surface area is 132 Å². The highest BCUT2D eigenvalue weighted by Gasteiger charge is 2.21. The van der Waals surface area contributed by atoms with Crippen molar-refractivity contribution >= 4 is 28.2 Å². The standard InChI is InChI=1S/C15H18N4O2S/c1-3-19-5-4-11-13(8-19)22-15(17-11)18-14(21)12-6-10(7-16-12)9(2)20/h6-7,16H,3-5,8H2,1-2H3,(H,17,18,21). The van der Waals surface area contributed by atoms with Crippen LogP contribution in [0, 0.1) is 0 Å². The summed E-state index contributed by atoms with van der Waals surface area (Å²) < 4.78 is 0. The van der Waals surface area contributed by atoms with E-state index in [1.165, 1.54) is 23.1 Å². The fraction of sp³-hybridized carbons (Fsp3) is 0.400. The van der Waals surface area contributed by atoms with Crippen LogP contribution in [-0.4, -0.2) is 39.6 Å². The molecule has 3 heterocycles. The molecule has 2 aromatic heterocycles. The lowest BCUT2D eigenvalue weighted by molar-refractivity contribution is 0.101. The molecule has 0 aliphatic carbocycles. The minimum absolute atomic E-state index is 0.0698. The lowest BCUT2D eigenvalue weighted by atomic mass is 10.2. The molecule has 0 atom stereocenters. The van der Waals surface area contributed by atoms with E-state index in [2.05, 4.69) is 27.1 Å². The van der Waals surface area contributed by atoms with E-state index in [0.717, 1.165) is 31.7 Å². The Hall–Kier alpha value is -1.99. The molecule has 7 heteroatoms. The van der Waals surface area contributed by atoms with Crippen LogP contribution in [0.15, 0.2) is 12.3 Å². The van der Waals surface area contributed by atoms with E-state index >= 15 is 0 Å². The number of Topliss-reactive ketones (excluding diaryl/α,β-unsaturated/α-hetero) is 1. The Bertz CT molecular complexity index is 719. The van der Waals surface area contributed by atoms with E-state index in [0.29, 0.717) is 16.4 Å². The molecule has 0 spiro atoms. The summed E-state index contributed by atoms with van der Waals surface area (Å²) in [5, 5.41) is 3.43. The summed E-state index contributed by atoms with van der Waals surface area (Å²) >= 11 is 1.53.